The Labute approximate surface area is 167 Å². The highest BCUT2D eigenvalue weighted by Gasteiger charge is 2.38. The number of amides is 1. The molecule has 0 spiro atoms. The zero-order valence-corrected chi connectivity index (χ0v) is 17.5. The quantitative estimate of drug-likeness (QED) is 0.717. The Morgan fingerprint density at radius 3 is 2.30 bits per heavy atom. The van der Waals surface area contributed by atoms with Gasteiger partial charge >= 0.3 is 0 Å². The van der Waals surface area contributed by atoms with E-state index in [0.29, 0.717) is 37.1 Å². The number of likely N-dealkylation sites (tertiary alicyclic amines) is 1. The van der Waals surface area contributed by atoms with Crippen LogP contribution < -0.4 is 0 Å². The van der Waals surface area contributed by atoms with E-state index in [0.717, 1.165) is 25.9 Å². The molecule has 2 heterocycles. The highest BCUT2D eigenvalue weighted by molar-refractivity contribution is 7.89. The van der Waals surface area contributed by atoms with Gasteiger partial charge in [-0.15, -0.1) is 0 Å². The standard InChI is InChI=1S/C19H28ClN3O3S/c1-15(2)7-9-22-10-8-18(19(22)24)21-11-13-23(14-12-21)27(25,26)17-5-3-16(20)4-6-17/h3-6,15,18H,7-14H2,1-2H3. The summed E-state index contributed by atoms with van der Waals surface area (Å²) in [7, 11) is -3.52. The van der Waals surface area contributed by atoms with Gasteiger partial charge in [0.1, 0.15) is 0 Å². The van der Waals surface area contributed by atoms with E-state index in [-0.39, 0.29) is 16.8 Å². The summed E-state index contributed by atoms with van der Waals surface area (Å²) >= 11 is 5.85. The highest BCUT2D eigenvalue weighted by atomic mass is 35.5. The second-order valence-electron chi connectivity index (χ2n) is 7.71. The minimum atomic E-state index is -3.52. The molecule has 0 bridgehead atoms. The van der Waals surface area contributed by atoms with Gasteiger partial charge in [0, 0.05) is 44.3 Å². The molecule has 6 nitrogen and oxygen atoms in total. The van der Waals surface area contributed by atoms with Crippen LogP contribution in [-0.2, 0) is 14.8 Å². The molecule has 0 aromatic heterocycles. The van der Waals surface area contributed by atoms with Crippen molar-refractivity contribution < 1.29 is 13.2 Å². The van der Waals surface area contributed by atoms with Gasteiger partial charge in [0.2, 0.25) is 15.9 Å². The van der Waals surface area contributed by atoms with Gasteiger partial charge in [-0.3, -0.25) is 9.69 Å². The number of nitrogens with zero attached hydrogens (tertiary/aromatic N) is 3. The Balaban J connectivity index is 1.57. The van der Waals surface area contributed by atoms with Crippen molar-refractivity contribution in [3.8, 4) is 0 Å². The number of carbonyl (C=O) groups excluding carboxylic acids is 1. The second-order valence-corrected chi connectivity index (χ2v) is 10.1. The molecule has 1 amide bonds. The van der Waals surface area contributed by atoms with Crippen LogP contribution in [-0.4, -0.2) is 73.7 Å². The van der Waals surface area contributed by atoms with Crippen molar-refractivity contribution in [1.82, 2.24) is 14.1 Å². The number of piperazine rings is 1. The van der Waals surface area contributed by atoms with Crippen molar-refractivity contribution in [1.29, 1.82) is 0 Å². The molecule has 0 aliphatic carbocycles. The topological polar surface area (TPSA) is 60.9 Å². The van der Waals surface area contributed by atoms with E-state index in [9.17, 15) is 13.2 Å². The van der Waals surface area contributed by atoms with Crippen LogP contribution in [0.2, 0.25) is 5.02 Å². The molecule has 3 rings (SSSR count). The fourth-order valence-electron chi connectivity index (χ4n) is 3.71. The molecule has 2 fully saturated rings. The molecule has 2 aliphatic heterocycles. The summed E-state index contributed by atoms with van der Waals surface area (Å²) in [5.74, 6) is 0.781. The molecule has 0 N–H and O–H groups in total. The minimum absolute atomic E-state index is 0.0995. The zero-order valence-electron chi connectivity index (χ0n) is 16.0. The van der Waals surface area contributed by atoms with Crippen LogP contribution >= 0.6 is 11.6 Å². The van der Waals surface area contributed by atoms with Gasteiger partial charge in [-0.25, -0.2) is 8.42 Å². The lowest BCUT2D eigenvalue weighted by atomic mass is 10.1. The summed E-state index contributed by atoms with van der Waals surface area (Å²) in [5.41, 5.74) is 0. The summed E-state index contributed by atoms with van der Waals surface area (Å²) in [6.07, 6.45) is 1.85. The first-order valence-electron chi connectivity index (χ1n) is 9.57. The maximum Gasteiger partial charge on any atom is 0.243 e. The van der Waals surface area contributed by atoms with Gasteiger partial charge in [0.15, 0.2) is 0 Å². The lowest BCUT2D eigenvalue weighted by Crippen LogP contribution is -2.53. The van der Waals surface area contributed by atoms with E-state index < -0.39 is 10.0 Å². The Morgan fingerprint density at radius 2 is 1.70 bits per heavy atom. The average Bonchev–Trinajstić information content (AvgIpc) is 3.01. The van der Waals surface area contributed by atoms with Crippen molar-refractivity contribution >= 4 is 27.5 Å². The van der Waals surface area contributed by atoms with E-state index in [4.69, 9.17) is 11.6 Å². The number of halogens is 1. The van der Waals surface area contributed by atoms with Crippen LogP contribution in [0, 0.1) is 5.92 Å². The molecule has 2 aliphatic rings. The summed E-state index contributed by atoms with van der Waals surface area (Å²) < 4.78 is 27.1. The molecular weight excluding hydrogens is 386 g/mol. The monoisotopic (exact) mass is 413 g/mol. The van der Waals surface area contributed by atoms with E-state index in [1.165, 1.54) is 16.4 Å². The number of carbonyl (C=O) groups is 1. The molecule has 8 heteroatoms. The van der Waals surface area contributed by atoms with Crippen molar-refractivity contribution in [2.75, 3.05) is 39.3 Å². The van der Waals surface area contributed by atoms with E-state index in [1.807, 2.05) is 4.90 Å². The van der Waals surface area contributed by atoms with Crippen LogP contribution in [0.3, 0.4) is 0 Å². The van der Waals surface area contributed by atoms with Crippen molar-refractivity contribution in [2.45, 2.75) is 37.6 Å². The summed E-state index contributed by atoms with van der Waals surface area (Å²) in [6.45, 7) is 7.93. The van der Waals surface area contributed by atoms with Gasteiger partial charge in [-0.2, -0.15) is 4.31 Å². The number of hydrogen-bond donors (Lipinski definition) is 0. The maximum atomic E-state index is 12.8. The number of rotatable bonds is 6. The molecule has 150 valence electrons. The van der Waals surface area contributed by atoms with E-state index >= 15 is 0 Å². The van der Waals surface area contributed by atoms with Gasteiger partial charge < -0.3 is 4.90 Å². The number of sulfonamides is 1. The predicted octanol–water partition coefficient (Wildman–Crippen LogP) is 2.29. The van der Waals surface area contributed by atoms with Crippen LogP contribution in [0.4, 0.5) is 0 Å². The van der Waals surface area contributed by atoms with Crippen molar-refractivity contribution in [2.24, 2.45) is 5.92 Å². The first-order chi connectivity index (χ1) is 12.8. The molecule has 2 saturated heterocycles. The third-order valence-corrected chi connectivity index (χ3v) is 7.58. The zero-order chi connectivity index (χ0) is 19.6. The summed E-state index contributed by atoms with van der Waals surface area (Å²) in [5, 5.41) is 0.514. The lowest BCUT2D eigenvalue weighted by molar-refractivity contribution is -0.132. The SMILES string of the molecule is CC(C)CCN1CCC(N2CCN(S(=O)(=O)c3ccc(Cl)cc3)CC2)C1=O. The summed E-state index contributed by atoms with van der Waals surface area (Å²) in [6, 6.07) is 6.16. The molecule has 1 unspecified atom stereocenters. The Hall–Kier alpha value is -1.15. The third-order valence-electron chi connectivity index (χ3n) is 5.41. The molecular formula is C19H28ClN3O3S. The minimum Gasteiger partial charge on any atom is -0.341 e. The van der Waals surface area contributed by atoms with Gasteiger partial charge in [-0.05, 0) is 43.0 Å². The van der Waals surface area contributed by atoms with Gasteiger partial charge in [0.25, 0.3) is 0 Å². The van der Waals surface area contributed by atoms with E-state index in [2.05, 4.69) is 18.7 Å². The lowest BCUT2D eigenvalue weighted by Gasteiger charge is -2.36. The van der Waals surface area contributed by atoms with Gasteiger partial charge in [-0.1, -0.05) is 25.4 Å². The molecule has 1 aromatic carbocycles. The van der Waals surface area contributed by atoms with Gasteiger partial charge in [0.05, 0.1) is 10.9 Å². The molecule has 27 heavy (non-hydrogen) atoms. The normalized spacial score (nSPS) is 22.7. The Kier molecular flexibility index (Phi) is 6.46. The van der Waals surface area contributed by atoms with Crippen LogP contribution in [0.1, 0.15) is 26.7 Å². The Bertz CT molecular complexity index is 759. The van der Waals surface area contributed by atoms with Crippen molar-refractivity contribution in [3.63, 3.8) is 0 Å². The first kappa shape index (κ1) is 20.6. The molecule has 1 aromatic rings. The fourth-order valence-corrected chi connectivity index (χ4v) is 5.26. The van der Waals surface area contributed by atoms with Crippen LogP contribution in [0.15, 0.2) is 29.2 Å². The third kappa shape index (κ3) is 4.65. The predicted molar refractivity (Wildman–Crippen MR) is 106 cm³/mol. The second kappa shape index (κ2) is 8.47. The van der Waals surface area contributed by atoms with E-state index in [1.54, 1.807) is 12.1 Å². The average molecular weight is 414 g/mol. The smallest absolute Gasteiger partial charge is 0.243 e. The number of benzene rings is 1. The summed E-state index contributed by atoms with van der Waals surface area (Å²) in [4.78, 5) is 17.1. The highest BCUT2D eigenvalue weighted by Crippen LogP contribution is 2.23. The number of hydrogen-bond acceptors (Lipinski definition) is 4. The fraction of sp³-hybridized carbons (Fsp3) is 0.632. The van der Waals surface area contributed by atoms with Crippen LogP contribution in [0.5, 0.6) is 0 Å². The molecule has 1 atom stereocenters. The maximum absolute atomic E-state index is 12.8. The van der Waals surface area contributed by atoms with Crippen LogP contribution in [0.25, 0.3) is 0 Å². The first-order valence-corrected chi connectivity index (χ1v) is 11.4. The molecule has 0 radical (unpaired) electrons. The van der Waals surface area contributed by atoms with Crippen molar-refractivity contribution in [3.05, 3.63) is 29.3 Å². The Morgan fingerprint density at radius 1 is 1.07 bits per heavy atom. The molecule has 0 saturated carbocycles. The largest absolute Gasteiger partial charge is 0.341 e.